The average Bonchev–Trinajstić information content (AvgIpc) is 2.39. The molecule has 1 aromatic carbocycles. The van der Waals surface area contributed by atoms with Crippen LogP contribution in [0.4, 0.5) is 5.69 Å². The van der Waals surface area contributed by atoms with Crippen LogP contribution in [0, 0.1) is 6.92 Å². The Morgan fingerprint density at radius 2 is 1.90 bits per heavy atom. The number of carbonyl (C=O) groups excluding carboxylic acids is 1. The normalized spacial score (nSPS) is 10.1. The Morgan fingerprint density at radius 1 is 1.25 bits per heavy atom. The number of amides is 1. The Labute approximate surface area is 120 Å². The molecule has 0 aliphatic carbocycles. The predicted octanol–water partition coefficient (Wildman–Crippen LogP) is 2.99. The third kappa shape index (κ3) is 3.13. The first-order chi connectivity index (χ1) is 9.47. The number of hydrogen-bond donors (Lipinski definition) is 2. The van der Waals surface area contributed by atoms with Gasteiger partial charge in [-0.3, -0.25) is 4.79 Å². The number of carboxylic acid groups (broad SMARTS) is 1. The fraction of sp³-hybridized carbons (Fsp3) is 0.0714. The van der Waals surface area contributed by atoms with E-state index in [-0.39, 0.29) is 16.4 Å². The first-order valence-corrected chi connectivity index (χ1v) is 6.12. The van der Waals surface area contributed by atoms with Crippen molar-refractivity contribution in [3.8, 4) is 0 Å². The van der Waals surface area contributed by atoms with Gasteiger partial charge in [0.25, 0.3) is 5.91 Å². The second-order valence-corrected chi connectivity index (χ2v) is 4.61. The van der Waals surface area contributed by atoms with Crippen LogP contribution >= 0.6 is 11.6 Å². The van der Waals surface area contributed by atoms with E-state index < -0.39 is 11.9 Å². The molecule has 2 aromatic rings. The molecule has 0 unspecified atom stereocenters. The number of hydrogen-bond acceptors (Lipinski definition) is 3. The van der Waals surface area contributed by atoms with Gasteiger partial charge in [-0.05, 0) is 25.1 Å². The third-order valence-electron chi connectivity index (χ3n) is 2.62. The van der Waals surface area contributed by atoms with Gasteiger partial charge in [-0.25, -0.2) is 9.78 Å². The summed E-state index contributed by atoms with van der Waals surface area (Å²) in [6.07, 6.45) is 1.21. The van der Waals surface area contributed by atoms with Gasteiger partial charge in [-0.15, -0.1) is 0 Å². The molecule has 6 heteroatoms. The first kappa shape index (κ1) is 14.0. The van der Waals surface area contributed by atoms with E-state index in [1.807, 2.05) is 6.92 Å². The number of carboxylic acids is 1. The highest BCUT2D eigenvalue weighted by Gasteiger charge is 2.15. The summed E-state index contributed by atoms with van der Waals surface area (Å²) in [6, 6.07) is 8.25. The molecule has 0 bridgehead atoms. The lowest BCUT2D eigenvalue weighted by Gasteiger charge is -2.08. The number of aryl methyl sites for hydroxylation is 1. The smallest absolute Gasteiger partial charge is 0.356 e. The van der Waals surface area contributed by atoms with Gasteiger partial charge < -0.3 is 10.4 Å². The molecule has 1 amide bonds. The van der Waals surface area contributed by atoms with Crippen molar-refractivity contribution in [1.29, 1.82) is 0 Å². The van der Waals surface area contributed by atoms with Gasteiger partial charge in [0.1, 0.15) is 0 Å². The van der Waals surface area contributed by atoms with Gasteiger partial charge >= 0.3 is 5.97 Å². The minimum Gasteiger partial charge on any atom is -0.476 e. The summed E-state index contributed by atoms with van der Waals surface area (Å²) >= 11 is 5.77. The molecular formula is C14H11ClN2O3. The number of benzene rings is 1. The number of rotatable bonds is 3. The van der Waals surface area contributed by atoms with Gasteiger partial charge in [-0.2, -0.15) is 0 Å². The van der Waals surface area contributed by atoms with Gasteiger partial charge in [0.15, 0.2) is 5.69 Å². The molecule has 5 nitrogen and oxygen atoms in total. The quantitative estimate of drug-likeness (QED) is 0.911. The average molecular weight is 291 g/mol. The van der Waals surface area contributed by atoms with E-state index in [1.54, 1.807) is 24.3 Å². The molecule has 2 rings (SSSR count). The highest BCUT2D eigenvalue weighted by molar-refractivity contribution is 6.31. The fourth-order valence-electron chi connectivity index (χ4n) is 1.60. The van der Waals surface area contributed by atoms with E-state index in [1.165, 1.54) is 12.3 Å². The number of halogens is 1. The molecule has 0 saturated heterocycles. The van der Waals surface area contributed by atoms with Gasteiger partial charge in [0.2, 0.25) is 0 Å². The Kier molecular flexibility index (Phi) is 4.00. The number of carbonyl (C=O) groups is 2. The highest BCUT2D eigenvalue weighted by atomic mass is 35.5. The van der Waals surface area contributed by atoms with E-state index in [4.69, 9.17) is 16.7 Å². The van der Waals surface area contributed by atoms with Crippen molar-refractivity contribution < 1.29 is 14.7 Å². The molecule has 1 heterocycles. The van der Waals surface area contributed by atoms with Gasteiger partial charge in [0.05, 0.1) is 10.7 Å². The summed E-state index contributed by atoms with van der Waals surface area (Å²) in [5.74, 6) is -1.66. The second-order valence-electron chi connectivity index (χ2n) is 4.18. The number of anilines is 1. The maximum atomic E-state index is 12.0. The molecule has 0 saturated carbocycles. The molecule has 0 fully saturated rings. The van der Waals surface area contributed by atoms with Crippen LogP contribution in [0.1, 0.15) is 26.4 Å². The van der Waals surface area contributed by atoms with Gasteiger partial charge in [-0.1, -0.05) is 29.3 Å². The monoisotopic (exact) mass is 290 g/mol. The van der Waals surface area contributed by atoms with Crippen LogP contribution in [0.3, 0.4) is 0 Å². The van der Waals surface area contributed by atoms with E-state index in [9.17, 15) is 9.59 Å². The zero-order chi connectivity index (χ0) is 14.7. The van der Waals surface area contributed by atoms with Gasteiger partial charge in [0, 0.05) is 11.8 Å². The summed E-state index contributed by atoms with van der Waals surface area (Å²) in [6.45, 7) is 1.91. The van der Waals surface area contributed by atoms with Crippen LogP contribution in [-0.4, -0.2) is 22.0 Å². The summed E-state index contributed by atoms with van der Waals surface area (Å²) in [7, 11) is 0. The summed E-state index contributed by atoms with van der Waals surface area (Å²) in [4.78, 5) is 26.8. The second kappa shape index (κ2) is 5.71. The van der Waals surface area contributed by atoms with Crippen molar-refractivity contribution in [2.24, 2.45) is 0 Å². The molecule has 0 radical (unpaired) electrons. The number of pyridine rings is 1. The molecule has 20 heavy (non-hydrogen) atoms. The predicted molar refractivity (Wildman–Crippen MR) is 75.3 cm³/mol. The lowest BCUT2D eigenvalue weighted by molar-refractivity contribution is 0.0692. The number of nitrogens with zero attached hydrogens (tertiary/aromatic N) is 1. The van der Waals surface area contributed by atoms with E-state index in [0.29, 0.717) is 5.56 Å². The molecule has 0 aliphatic heterocycles. The molecule has 1 aromatic heterocycles. The Bertz CT molecular complexity index is 669. The lowest BCUT2D eigenvalue weighted by Crippen LogP contribution is -2.15. The minimum atomic E-state index is -1.24. The summed E-state index contributed by atoms with van der Waals surface area (Å²) in [5.41, 5.74) is 1.26. The van der Waals surface area contributed by atoms with Crippen LogP contribution in [0.25, 0.3) is 0 Å². The van der Waals surface area contributed by atoms with Crippen molar-refractivity contribution in [1.82, 2.24) is 4.98 Å². The SMILES string of the molecule is Cc1ccc(C(=O)Nc2cc(Cl)cnc2C(=O)O)cc1. The van der Waals surface area contributed by atoms with Crippen molar-refractivity contribution in [2.45, 2.75) is 6.92 Å². The third-order valence-corrected chi connectivity index (χ3v) is 2.83. The van der Waals surface area contributed by atoms with Crippen LogP contribution in [-0.2, 0) is 0 Å². The van der Waals surface area contributed by atoms with Crippen LogP contribution in [0.2, 0.25) is 5.02 Å². The number of nitrogens with one attached hydrogen (secondary N) is 1. The van der Waals surface area contributed by atoms with E-state index >= 15 is 0 Å². The topological polar surface area (TPSA) is 79.3 Å². The molecule has 102 valence electrons. The Morgan fingerprint density at radius 3 is 2.50 bits per heavy atom. The largest absolute Gasteiger partial charge is 0.476 e. The maximum absolute atomic E-state index is 12.0. The van der Waals surface area contributed by atoms with Crippen molar-refractivity contribution in [3.63, 3.8) is 0 Å². The van der Waals surface area contributed by atoms with Crippen molar-refractivity contribution in [2.75, 3.05) is 5.32 Å². The molecule has 0 spiro atoms. The summed E-state index contributed by atoms with van der Waals surface area (Å²) in [5, 5.41) is 11.8. The molecular weight excluding hydrogens is 280 g/mol. The molecule has 0 aliphatic rings. The Hall–Kier alpha value is -2.40. The van der Waals surface area contributed by atoms with Crippen LogP contribution in [0.15, 0.2) is 36.5 Å². The lowest BCUT2D eigenvalue weighted by atomic mass is 10.1. The van der Waals surface area contributed by atoms with Crippen molar-refractivity contribution >= 4 is 29.2 Å². The molecule has 0 atom stereocenters. The molecule has 2 N–H and O–H groups in total. The zero-order valence-corrected chi connectivity index (χ0v) is 11.3. The standard InChI is InChI=1S/C14H11ClN2O3/c1-8-2-4-9(5-3-8)13(18)17-11-6-10(15)7-16-12(11)14(19)20/h2-7H,1H3,(H,17,18)(H,19,20). The number of aromatic carboxylic acids is 1. The first-order valence-electron chi connectivity index (χ1n) is 5.74. The van der Waals surface area contributed by atoms with Crippen molar-refractivity contribution in [3.05, 3.63) is 58.4 Å². The maximum Gasteiger partial charge on any atom is 0.356 e. The van der Waals surface area contributed by atoms with E-state index in [2.05, 4.69) is 10.3 Å². The Balaban J connectivity index is 2.29. The fourth-order valence-corrected chi connectivity index (χ4v) is 1.76. The number of aromatic nitrogens is 1. The van der Waals surface area contributed by atoms with E-state index in [0.717, 1.165) is 5.56 Å². The highest BCUT2D eigenvalue weighted by Crippen LogP contribution is 2.19. The van der Waals surface area contributed by atoms with Crippen LogP contribution in [0.5, 0.6) is 0 Å². The minimum absolute atomic E-state index is 0.0653. The zero-order valence-electron chi connectivity index (χ0n) is 10.6. The summed E-state index contributed by atoms with van der Waals surface area (Å²) < 4.78 is 0. The van der Waals surface area contributed by atoms with Crippen LogP contribution < -0.4 is 5.32 Å².